The Hall–Kier alpha value is -1.78. The average molecular weight is 303 g/mol. The molecule has 0 aromatic heterocycles. The van der Waals surface area contributed by atoms with Crippen molar-refractivity contribution in [3.8, 4) is 0 Å². The molecule has 100 valence electrons. The molecule has 0 bridgehead atoms. The highest BCUT2D eigenvalue weighted by molar-refractivity contribution is 8.05. The Labute approximate surface area is 126 Å². The number of hydrogen-bond donors (Lipinski definition) is 1. The molecule has 0 saturated carbocycles. The van der Waals surface area contributed by atoms with Crippen LogP contribution in [0.4, 0.5) is 5.69 Å². The number of para-hydroxylation sites is 1. The van der Waals surface area contributed by atoms with E-state index in [0.29, 0.717) is 9.93 Å². The molecule has 1 aromatic carbocycles. The van der Waals surface area contributed by atoms with Gasteiger partial charge in [0.05, 0.1) is 26.6 Å². The fraction of sp³-hybridized carbons (Fsp3) is 0.0667. The summed E-state index contributed by atoms with van der Waals surface area (Å²) in [6.07, 6.45) is 9.42. The number of aliphatic imine (C=N–C) groups is 1. The third kappa shape index (κ3) is 2.71. The summed E-state index contributed by atoms with van der Waals surface area (Å²) >= 11 is 7.54. The molecule has 0 radical (unpaired) electrons. The van der Waals surface area contributed by atoms with E-state index in [9.17, 15) is 4.79 Å². The van der Waals surface area contributed by atoms with Crippen LogP contribution in [0.15, 0.2) is 64.7 Å². The fourth-order valence-corrected chi connectivity index (χ4v) is 3.05. The van der Waals surface area contributed by atoms with Gasteiger partial charge in [0.25, 0.3) is 5.91 Å². The number of anilines is 1. The molecule has 1 atom stereocenters. The Kier molecular flexibility index (Phi) is 3.76. The molecule has 1 aliphatic heterocycles. The van der Waals surface area contributed by atoms with Crippen LogP contribution >= 0.6 is 23.4 Å². The number of rotatable bonds is 2. The second-order valence-electron chi connectivity index (χ2n) is 4.26. The first-order chi connectivity index (χ1) is 9.74. The van der Waals surface area contributed by atoms with Crippen LogP contribution in [0.3, 0.4) is 0 Å². The van der Waals surface area contributed by atoms with E-state index >= 15 is 0 Å². The third-order valence-corrected chi connectivity index (χ3v) is 4.41. The number of carbonyl (C=O) groups excluding carboxylic acids is 1. The maximum atomic E-state index is 11.9. The zero-order chi connectivity index (χ0) is 13.9. The summed E-state index contributed by atoms with van der Waals surface area (Å²) in [6, 6.07) is 7.39. The Morgan fingerprint density at radius 1 is 1.30 bits per heavy atom. The smallest absolute Gasteiger partial charge is 0.285 e. The Balaban J connectivity index is 1.81. The zero-order valence-electron chi connectivity index (χ0n) is 10.4. The molecule has 3 rings (SSSR count). The number of nitrogens with zero attached hydrogens (tertiary/aromatic N) is 1. The number of hydrogen-bond acceptors (Lipinski definition) is 3. The van der Waals surface area contributed by atoms with Gasteiger partial charge in [-0.3, -0.25) is 4.79 Å². The van der Waals surface area contributed by atoms with Gasteiger partial charge >= 0.3 is 0 Å². The molecule has 1 N–H and O–H groups in total. The van der Waals surface area contributed by atoms with E-state index in [-0.39, 0.29) is 11.2 Å². The van der Waals surface area contributed by atoms with Crippen LogP contribution in [-0.2, 0) is 4.79 Å². The summed E-state index contributed by atoms with van der Waals surface area (Å²) in [5, 5.41) is 3.78. The van der Waals surface area contributed by atoms with Crippen LogP contribution in [0.5, 0.6) is 0 Å². The van der Waals surface area contributed by atoms with E-state index in [1.54, 1.807) is 12.3 Å². The minimum atomic E-state index is -0.222. The van der Waals surface area contributed by atoms with Gasteiger partial charge in [-0.25, -0.2) is 4.99 Å². The number of allylic oxidation sites excluding steroid dienone is 3. The SMILES string of the molecule is O=C1N=C2C=CC=CC2S/C1=C/Nc1ccccc1Cl. The van der Waals surface area contributed by atoms with Crippen LogP contribution < -0.4 is 5.32 Å². The van der Waals surface area contributed by atoms with Crippen LogP contribution in [0.25, 0.3) is 0 Å². The van der Waals surface area contributed by atoms with E-state index in [2.05, 4.69) is 10.3 Å². The summed E-state index contributed by atoms with van der Waals surface area (Å²) in [5.74, 6) is -0.222. The quantitative estimate of drug-likeness (QED) is 0.845. The lowest BCUT2D eigenvalue weighted by molar-refractivity contribution is -0.113. The standard InChI is InChI=1S/C15H11ClN2OS/c16-10-5-1-2-6-11(10)17-9-14-15(19)18-12-7-3-4-8-13(12)20-14/h1-9,13,17H/b14-9+. The minimum absolute atomic E-state index is 0.108. The molecule has 1 aliphatic carbocycles. The monoisotopic (exact) mass is 302 g/mol. The van der Waals surface area contributed by atoms with Gasteiger partial charge in [-0.05, 0) is 18.2 Å². The number of nitrogens with one attached hydrogen (secondary N) is 1. The van der Waals surface area contributed by atoms with Gasteiger partial charge in [0.15, 0.2) is 0 Å². The van der Waals surface area contributed by atoms with E-state index in [0.717, 1.165) is 11.4 Å². The predicted molar refractivity (Wildman–Crippen MR) is 85.3 cm³/mol. The highest BCUT2D eigenvalue weighted by Gasteiger charge is 2.25. The summed E-state index contributed by atoms with van der Waals surface area (Å²) in [4.78, 5) is 16.6. The first-order valence-corrected chi connectivity index (χ1v) is 7.35. The molecule has 0 fully saturated rings. The molecule has 0 spiro atoms. The molecule has 0 saturated heterocycles. The number of thioether (sulfide) groups is 1. The van der Waals surface area contributed by atoms with Crippen molar-refractivity contribution in [3.05, 3.63) is 64.7 Å². The number of halogens is 1. The number of benzene rings is 1. The van der Waals surface area contributed by atoms with Crippen molar-refractivity contribution in [2.75, 3.05) is 5.32 Å². The van der Waals surface area contributed by atoms with Gasteiger partial charge in [0.1, 0.15) is 0 Å². The lowest BCUT2D eigenvalue weighted by atomic mass is 10.1. The second kappa shape index (κ2) is 5.69. The largest absolute Gasteiger partial charge is 0.359 e. The summed E-state index contributed by atoms with van der Waals surface area (Å²) in [6.45, 7) is 0. The molecule has 1 aromatic rings. The maximum absolute atomic E-state index is 11.9. The molecule has 1 amide bonds. The van der Waals surface area contributed by atoms with Crippen molar-refractivity contribution in [1.82, 2.24) is 0 Å². The predicted octanol–water partition coefficient (Wildman–Crippen LogP) is 3.80. The van der Waals surface area contributed by atoms with Gasteiger partial charge in [0, 0.05) is 6.20 Å². The lowest BCUT2D eigenvalue weighted by Crippen LogP contribution is -2.22. The van der Waals surface area contributed by atoms with Crippen LogP contribution in [0, 0.1) is 0 Å². The second-order valence-corrected chi connectivity index (χ2v) is 5.85. The van der Waals surface area contributed by atoms with Gasteiger partial charge in [-0.1, -0.05) is 42.0 Å². The fourth-order valence-electron chi connectivity index (χ4n) is 1.89. The molecule has 2 aliphatic rings. The van der Waals surface area contributed by atoms with Crippen molar-refractivity contribution < 1.29 is 4.79 Å². The molecule has 1 unspecified atom stereocenters. The highest BCUT2D eigenvalue weighted by Crippen LogP contribution is 2.32. The molecule has 3 nitrogen and oxygen atoms in total. The molecule has 1 heterocycles. The van der Waals surface area contributed by atoms with Crippen LogP contribution in [0.2, 0.25) is 5.02 Å². The van der Waals surface area contributed by atoms with Crippen LogP contribution in [0.1, 0.15) is 0 Å². The lowest BCUT2D eigenvalue weighted by Gasteiger charge is -2.20. The third-order valence-electron chi connectivity index (χ3n) is 2.88. The normalized spacial score (nSPS) is 22.6. The summed E-state index contributed by atoms with van der Waals surface area (Å²) in [7, 11) is 0. The van der Waals surface area contributed by atoms with Gasteiger partial charge < -0.3 is 5.32 Å². The number of amides is 1. The maximum Gasteiger partial charge on any atom is 0.285 e. The van der Waals surface area contributed by atoms with Gasteiger partial charge in [0.2, 0.25) is 0 Å². The highest BCUT2D eigenvalue weighted by atomic mass is 35.5. The average Bonchev–Trinajstić information content (AvgIpc) is 2.46. The van der Waals surface area contributed by atoms with E-state index in [4.69, 9.17) is 11.6 Å². The molecule has 20 heavy (non-hydrogen) atoms. The van der Waals surface area contributed by atoms with Crippen molar-refractivity contribution >= 4 is 40.7 Å². The number of fused-ring (bicyclic) bond motifs is 1. The Morgan fingerprint density at radius 3 is 3.00 bits per heavy atom. The van der Waals surface area contributed by atoms with E-state index in [1.807, 2.05) is 42.5 Å². The van der Waals surface area contributed by atoms with Crippen molar-refractivity contribution in [2.45, 2.75) is 5.25 Å². The van der Waals surface area contributed by atoms with Crippen LogP contribution in [-0.4, -0.2) is 16.9 Å². The molecular formula is C15H11ClN2OS. The first-order valence-electron chi connectivity index (χ1n) is 6.10. The van der Waals surface area contributed by atoms with E-state index < -0.39 is 0 Å². The van der Waals surface area contributed by atoms with Gasteiger partial charge in [-0.2, -0.15) is 0 Å². The Bertz CT molecular complexity index is 676. The minimum Gasteiger partial charge on any atom is -0.359 e. The Morgan fingerprint density at radius 2 is 2.15 bits per heavy atom. The molecular weight excluding hydrogens is 292 g/mol. The summed E-state index contributed by atoms with van der Waals surface area (Å²) < 4.78 is 0. The summed E-state index contributed by atoms with van der Waals surface area (Å²) in [5.41, 5.74) is 1.57. The topological polar surface area (TPSA) is 41.5 Å². The van der Waals surface area contributed by atoms with Crippen molar-refractivity contribution in [1.29, 1.82) is 0 Å². The van der Waals surface area contributed by atoms with E-state index in [1.165, 1.54) is 11.8 Å². The van der Waals surface area contributed by atoms with Crippen molar-refractivity contribution in [2.24, 2.45) is 4.99 Å². The van der Waals surface area contributed by atoms with Crippen molar-refractivity contribution in [3.63, 3.8) is 0 Å². The number of carbonyl (C=O) groups is 1. The molecule has 5 heteroatoms. The zero-order valence-corrected chi connectivity index (χ0v) is 12.0. The van der Waals surface area contributed by atoms with Gasteiger partial charge in [-0.15, -0.1) is 11.8 Å². The first kappa shape index (κ1) is 13.2.